The smallest absolute Gasteiger partial charge is 0.221 e. The van der Waals surface area contributed by atoms with Crippen LogP contribution in [0, 0.1) is 5.82 Å². The second-order valence-corrected chi connectivity index (χ2v) is 7.67. The van der Waals surface area contributed by atoms with E-state index in [1.165, 1.54) is 31.4 Å². The molecule has 9 heteroatoms. The highest BCUT2D eigenvalue weighted by Gasteiger charge is 2.31. The van der Waals surface area contributed by atoms with Crippen LogP contribution in [-0.4, -0.2) is 33.3 Å². The molecule has 2 rings (SSSR count). The highest BCUT2D eigenvalue weighted by atomic mass is 32.2. The number of amides is 2. The van der Waals surface area contributed by atoms with Crippen molar-refractivity contribution < 1.29 is 26.8 Å². The van der Waals surface area contributed by atoms with Gasteiger partial charge < -0.3 is 15.1 Å². The fraction of sp³-hybridized carbons (Fsp3) is 0.294. The molecule has 0 bridgehead atoms. The van der Waals surface area contributed by atoms with Gasteiger partial charge in [-0.15, -0.1) is 0 Å². The Kier molecular flexibility index (Phi) is 6.51. The molecule has 0 saturated carbocycles. The van der Waals surface area contributed by atoms with E-state index in [-0.39, 0.29) is 36.1 Å². The van der Waals surface area contributed by atoms with E-state index in [0.29, 0.717) is 0 Å². The maximum absolute atomic E-state index is 13.1. The van der Waals surface area contributed by atoms with Crippen LogP contribution in [-0.2, 0) is 19.4 Å². The molecule has 140 valence electrons. The average molecular weight is 382 g/mol. The molecule has 1 aromatic carbocycles. The Morgan fingerprint density at radius 3 is 2.42 bits per heavy atom. The first-order valence-corrected chi connectivity index (χ1v) is 9.39. The van der Waals surface area contributed by atoms with Crippen LogP contribution in [0.15, 0.2) is 52.0 Å². The predicted molar refractivity (Wildman–Crippen MR) is 91.3 cm³/mol. The van der Waals surface area contributed by atoms with Crippen molar-refractivity contribution in [1.29, 1.82) is 0 Å². The lowest BCUT2D eigenvalue weighted by Gasteiger charge is -2.17. The Balaban J connectivity index is 2.13. The Hall–Kier alpha value is -2.68. The molecule has 0 aliphatic carbocycles. The molecule has 2 aromatic rings. The zero-order valence-corrected chi connectivity index (χ0v) is 14.9. The van der Waals surface area contributed by atoms with Crippen LogP contribution in [0.25, 0.3) is 0 Å². The summed E-state index contributed by atoms with van der Waals surface area (Å²) in [6, 6.07) is 7.48. The van der Waals surface area contributed by atoms with Gasteiger partial charge >= 0.3 is 0 Å². The standard InChI is InChI=1S/C17H19FN2O5S/c1-12(21)19-9-8-17(22)20-11-16(15-3-2-10-25-15)26(23,24)14-6-4-13(18)5-7-14/h2-7,10,16H,8-9,11H2,1H3,(H,19,21)(H,20,22). The maximum atomic E-state index is 13.1. The molecular formula is C17H19FN2O5S. The van der Waals surface area contributed by atoms with E-state index in [1.54, 1.807) is 6.07 Å². The van der Waals surface area contributed by atoms with Gasteiger partial charge in [0.25, 0.3) is 0 Å². The van der Waals surface area contributed by atoms with Gasteiger partial charge in [0, 0.05) is 26.4 Å². The lowest BCUT2D eigenvalue weighted by molar-refractivity contribution is -0.121. The lowest BCUT2D eigenvalue weighted by Crippen LogP contribution is -2.34. The SMILES string of the molecule is CC(=O)NCCC(=O)NCC(c1ccco1)S(=O)(=O)c1ccc(F)cc1. The van der Waals surface area contributed by atoms with Gasteiger partial charge in [0.2, 0.25) is 11.8 Å². The fourth-order valence-corrected chi connectivity index (χ4v) is 3.86. The minimum atomic E-state index is -3.92. The van der Waals surface area contributed by atoms with Gasteiger partial charge in [-0.3, -0.25) is 9.59 Å². The highest BCUT2D eigenvalue weighted by molar-refractivity contribution is 7.91. The van der Waals surface area contributed by atoms with E-state index in [4.69, 9.17) is 4.42 Å². The number of furan rings is 1. The van der Waals surface area contributed by atoms with Crippen molar-refractivity contribution in [2.24, 2.45) is 0 Å². The van der Waals surface area contributed by atoms with Gasteiger partial charge in [-0.2, -0.15) is 0 Å². The van der Waals surface area contributed by atoms with Crippen molar-refractivity contribution in [2.45, 2.75) is 23.5 Å². The van der Waals surface area contributed by atoms with E-state index in [0.717, 1.165) is 12.1 Å². The van der Waals surface area contributed by atoms with Crippen molar-refractivity contribution in [3.05, 3.63) is 54.2 Å². The minimum Gasteiger partial charge on any atom is -0.468 e. The number of carbonyl (C=O) groups is 2. The van der Waals surface area contributed by atoms with E-state index >= 15 is 0 Å². The Morgan fingerprint density at radius 2 is 1.85 bits per heavy atom. The van der Waals surface area contributed by atoms with E-state index in [9.17, 15) is 22.4 Å². The molecule has 2 amide bonds. The van der Waals surface area contributed by atoms with Crippen LogP contribution in [0.2, 0.25) is 0 Å². The summed E-state index contributed by atoms with van der Waals surface area (Å²) in [7, 11) is -3.92. The number of benzene rings is 1. The maximum Gasteiger partial charge on any atom is 0.221 e. The van der Waals surface area contributed by atoms with Gasteiger partial charge in [0.05, 0.1) is 11.2 Å². The molecule has 26 heavy (non-hydrogen) atoms. The second-order valence-electron chi connectivity index (χ2n) is 5.54. The molecule has 0 aliphatic heterocycles. The average Bonchev–Trinajstić information content (AvgIpc) is 3.09. The first-order valence-electron chi connectivity index (χ1n) is 7.84. The summed E-state index contributed by atoms with van der Waals surface area (Å²) in [5, 5.41) is 3.85. The second kappa shape index (κ2) is 8.61. The predicted octanol–water partition coefficient (Wildman–Crippen LogP) is 1.58. The van der Waals surface area contributed by atoms with E-state index in [2.05, 4.69) is 10.6 Å². The molecule has 1 atom stereocenters. The fourth-order valence-electron chi connectivity index (χ4n) is 2.27. The summed E-state index contributed by atoms with van der Waals surface area (Å²) in [6.07, 6.45) is 1.35. The third-order valence-electron chi connectivity index (χ3n) is 3.59. The van der Waals surface area contributed by atoms with Gasteiger partial charge in [0.1, 0.15) is 16.8 Å². The number of hydrogen-bond donors (Lipinski definition) is 2. The zero-order valence-electron chi connectivity index (χ0n) is 14.1. The first kappa shape index (κ1) is 19.6. The topological polar surface area (TPSA) is 105 Å². The summed E-state index contributed by atoms with van der Waals surface area (Å²) in [4.78, 5) is 22.6. The molecule has 0 radical (unpaired) electrons. The summed E-state index contributed by atoms with van der Waals surface area (Å²) in [5.41, 5.74) is 0. The Bertz CT molecular complexity index is 848. The van der Waals surface area contributed by atoms with Crippen molar-refractivity contribution in [3.8, 4) is 0 Å². The number of halogens is 1. The number of rotatable bonds is 8. The molecule has 0 fully saturated rings. The van der Waals surface area contributed by atoms with Crippen LogP contribution in [0.1, 0.15) is 24.4 Å². The summed E-state index contributed by atoms with van der Waals surface area (Å²) in [5.74, 6) is -1.06. The summed E-state index contributed by atoms with van der Waals surface area (Å²) < 4.78 is 44.0. The van der Waals surface area contributed by atoms with Gasteiger partial charge in [0.15, 0.2) is 9.84 Å². The molecular weight excluding hydrogens is 363 g/mol. The van der Waals surface area contributed by atoms with Crippen molar-refractivity contribution in [2.75, 3.05) is 13.1 Å². The molecule has 1 aromatic heterocycles. The number of nitrogens with one attached hydrogen (secondary N) is 2. The quantitative estimate of drug-likeness (QED) is 0.675. The Morgan fingerprint density at radius 1 is 1.15 bits per heavy atom. The Labute approximate surface area is 150 Å². The van der Waals surface area contributed by atoms with Crippen LogP contribution < -0.4 is 10.6 Å². The third kappa shape index (κ3) is 5.16. The van der Waals surface area contributed by atoms with Gasteiger partial charge in [-0.25, -0.2) is 12.8 Å². The van der Waals surface area contributed by atoms with Gasteiger partial charge in [-0.1, -0.05) is 0 Å². The molecule has 7 nitrogen and oxygen atoms in total. The lowest BCUT2D eigenvalue weighted by atomic mass is 10.3. The van der Waals surface area contributed by atoms with Crippen LogP contribution >= 0.6 is 0 Å². The molecule has 0 aliphatic rings. The third-order valence-corrected chi connectivity index (χ3v) is 5.67. The summed E-state index contributed by atoms with van der Waals surface area (Å²) in [6.45, 7) is 1.27. The number of sulfone groups is 1. The van der Waals surface area contributed by atoms with E-state index in [1.807, 2.05) is 0 Å². The zero-order chi connectivity index (χ0) is 19.2. The van der Waals surface area contributed by atoms with Crippen molar-refractivity contribution >= 4 is 21.7 Å². The van der Waals surface area contributed by atoms with E-state index < -0.39 is 26.8 Å². The normalized spacial score (nSPS) is 12.4. The van der Waals surface area contributed by atoms with Crippen molar-refractivity contribution in [1.82, 2.24) is 10.6 Å². The number of carbonyl (C=O) groups excluding carboxylic acids is 2. The molecule has 0 spiro atoms. The van der Waals surface area contributed by atoms with Crippen molar-refractivity contribution in [3.63, 3.8) is 0 Å². The molecule has 1 unspecified atom stereocenters. The van der Waals surface area contributed by atoms with Gasteiger partial charge in [-0.05, 0) is 36.4 Å². The minimum absolute atomic E-state index is 0.0149. The molecule has 1 heterocycles. The molecule has 0 saturated heterocycles. The number of hydrogen-bond acceptors (Lipinski definition) is 5. The van der Waals surface area contributed by atoms with Crippen LogP contribution in [0.4, 0.5) is 4.39 Å². The molecule has 2 N–H and O–H groups in total. The highest BCUT2D eigenvalue weighted by Crippen LogP contribution is 2.29. The largest absolute Gasteiger partial charge is 0.468 e. The first-order chi connectivity index (χ1) is 12.3. The summed E-state index contributed by atoms with van der Waals surface area (Å²) >= 11 is 0. The van der Waals surface area contributed by atoms with Crippen LogP contribution in [0.5, 0.6) is 0 Å². The van der Waals surface area contributed by atoms with Crippen LogP contribution in [0.3, 0.4) is 0 Å². The monoisotopic (exact) mass is 382 g/mol.